The van der Waals surface area contributed by atoms with E-state index in [4.69, 9.17) is 5.73 Å². The molecule has 3 rings (SSSR count). The van der Waals surface area contributed by atoms with Gasteiger partial charge in [-0.2, -0.15) is 0 Å². The molecule has 0 radical (unpaired) electrons. The Bertz CT molecular complexity index is 650. The number of benzene rings is 1. The fraction of sp³-hybridized carbons (Fsp3) is 0.471. The van der Waals surface area contributed by atoms with Crippen molar-refractivity contribution in [1.29, 1.82) is 0 Å². The van der Waals surface area contributed by atoms with Crippen LogP contribution in [-0.4, -0.2) is 66.8 Å². The maximum absolute atomic E-state index is 12.6. The molecule has 128 valence electrons. The average Bonchev–Trinajstić information content (AvgIpc) is 2.94. The van der Waals surface area contributed by atoms with Crippen LogP contribution in [0.5, 0.6) is 0 Å². The second kappa shape index (κ2) is 6.51. The van der Waals surface area contributed by atoms with Crippen molar-refractivity contribution >= 4 is 23.4 Å². The summed E-state index contributed by atoms with van der Waals surface area (Å²) in [5, 5.41) is 0. The number of likely N-dealkylation sites (N-methyl/N-ethyl adjacent to an activating group) is 1. The number of piperazine rings is 1. The number of hydrogen-bond donors (Lipinski definition) is 1. The molecule has 1 atom stereocenters. The zero-order valence-electron chi connectivity index (χ0n) is 13.8. The largest absolute Gasteiger partial charge is 0.368 e. The smallest absolute Gasteiger partial charge is 0.248 e. The molecule has 2 fully saturated rings. The molecule has 7 nitrogen and oxygen atoms in total. The van der Waals surface area contributed by atoms with Crippen molar-refractivity contribution in [2.24, 2.45) is 5.73 Å². The highest BCUT2D eigenvalue weighted by Gasteiger charge is 2.36. The predicted octanol–water partition coefficient (Wildman–Crippen LogP) is 0.0549. The number of nitrogens with zero attached hydrogens (tertiary/aromatic N) is 3. The van der Waals surface area contributed by atoms with Crippen LogP contribution >= 0.6 is 0 Å². The molecule has 24 heavy (non-hydrogen) atoms. The van der Waals surface area contributed by atoms with Gasteiger partial charge in [0.25, 0.3) is 0 Å². The van der Waals surface area contributed by atoms with Gasteiger partial charge < -0.3 is 20.4 Å². The maximum Gasteiger partial charge on any atom is 0.248 e. The van der Waals surface area contributed by atoms with E-state index in [1.54, 1.807) is 24.1 Å². The van der Waals surface area contributed by atoms with Gasteiger partial charge in [0.2, 0.25) is 17.7 Å². The lowest BCUT2D eigenvalue weighted by atomic mass is 10.1. The van der Waals surface area contributed by atoms with Crippen LogP contribution in [0.2, 0.25) is 0 Å². The first-order valence-corrected chi connectivity index (χ1v) is 8.16. The fourth-order valence-corrected chi connectivity index (χ4v) is 3.33. The van der Waals surface area contributed by atoms with Crippen LogP contribution in [0.15, 0.2) is 24.3 Å². The molecule has 2 aliphatic heterocycles. The summed E-state index contributed by atoms with van der Waals surface area (Å²) in [7, 11) is 1.70. The summed E-state index contributed by atoms with van der Waals surface area (Å²) in [5.74, 6) is -0.346. The van der Waals surface area contributed by atoms with Crippen molar-refractivity contribution in [3.8, 4) is 0 Å². The number of likely N-dealkylation sites (tertiary alicyclic amines) is 1. The number of primary amides is 1. The highest BCUT2D eigenvalue weighted by molar-refractivity contribution is 5.93. The Morgan fingerprint density at radius 2 is 1.71 bits per heavy atom. The second-order valence-electron chi connectivity index (χ2n) is 6.28. The van der Waals surface area contributed by atoms with Crippen molar-refractivity contribution in [1.82, 2.24) is 9.80 Å². The first kappa shape index (κ1) is 16.3. The Balaban J connectivity index is 1.58. The van der Waals surface area contributed by atoms with E-state index in [0.717, 1.165) is 18.8 Å². The van der Waals surface area contributed by atoms with Gasteiger partial charge in [0.05, 0.1) is 0 Å². The van der Waals surface area contributed by atoms with E-state index in [9.17, 15) is 14.4 Å². The third-order valence-corrected chi connectivity index (χ3v) is 4.89. The van der Waals surface area contributed by atoms with Gasteiger partial charge in [-0.25, -0.2) is 0 Å². The first-order chi connectivity index (χ1) is 11.5. The number of nitrogens with two attached hydrogens (primary N) is 1. The second-order valence-corrected chi connectivity index (χ2v) is 6.28. The lowest BCUT2D eigenvalue weighted by molar-refractivity contribution is -0.140. The minimum absolute atomic E-state index is 0.0431. The van der Waals surface area contributed by atoms with Gasteiger partial charge in [0.1, 0.15) is 6.04 Å². The van der Waals surface area contributed by atoms with Gasteiger partial charge in [-0.3, -0.25) is 14.4 Å². The van der Waals surface area contributed by atoms with Gasteiger partial charge in [-0.05, 0) is 30.7 Å². The summed E-state index contributed by atoms with van der Waals surface area (Å²) >= 11 is 0. The van der Waals surface area contributed by atoms with Crippen LogP contribution in [-0.2, 0) is 9.59 Å². The Morgan fingerprint density at radius 3 is 2.21 bits per heavy atom. The Kier molecular flexibility index (Phi) is 4.42. The van der Waals surface area contributed by atoms with Crippen LogP contribution in [0.4, 0.5) is 5.69 Å². The zero-order chi connectivity index (χ0) is 17.3. The Hall–Kier alpha value is -2.57. The molecule has 0 spiro atoms. The number of anilines is 1. The minimum Gasteiger partial charge on any atom is -0.368 e. The molecule has 0 bridgehead atoms. The molecule has 0 unspecified atom stereocenters. The first-order valence-electron chi connectivity index (χ1n) is 8.16. The van der Waals surface area contributed by atoms with E-state index < -0.39 is 5.91 Å². The lowest BCUT2D eigenvalue weighted by Crippen LogP contribution is -2.53. The summed E-state index contributed by atoms with van der Waals surface area (Å²) in [5.41, 5.74) is 6.75. The molecule has 0 saturated carbocycles. The average molecular weight is 330 g/mol. The van der Waals surface area contributed by atoms with Gasteiger partial charge in [-0.1, -0.05) is 0 Å². The summed E-state index contributed by atoms with van der Waals surface area (Å²) < 4.78 is 0. The normalized spacial score (nSPS) is 21.3. The topological polar surface area (TPSA) is 87.0 Å². The zero-order valence-corrected chi connectivity index (χ0v) is 13.8. The molecule has 2 saturated heterocycles. The van der Waals surface area contributed by atoms with E-state index in [1.807, 2.05) is 17.0 Å². The summed E-state index contributed by atoms with van der Waals surface area (Å²) in [4.78, 5) is 40.9. The molecule has 1 aromatic carbocycles. The SMILES string of the molecule is CN1C(=O)CC[C@H]1C(=O)N1CCN(c2ccc(C(N)=O)cc2)CC1. The van der Waals surface area contributed by atoms with Gasteiger partial charge in [0.15, 0.2) is 0 Å². The fourth-order valence-electron chi connectivity index (χ4n) is 3.33. The van der Waals surface area contributed by atoms with Crippen molar-refractivity contribution in [3.05, 3.63) is 29.8 Å². The highest BCUT2D eigenvalue weighted by atomic mass is 16.2. The predicted molar refractivity (Wildman–Crippen MR) is 89.5 cm³/mol. The van der Waals surface area contributed by atoms with Crippen molar-refractivity contribution < 1.29 is 14.4 Å². The van der Waals surface area contributed by atoms with Crippen molar-refractivity contribution in [3.63, 3.8) is 0 Å². The van der Waals surface area contributed by atoms with Gasteiger partial charge in [0, 0.05) is 50.9 Å². The summed E-state index contributed by atoms with van der Waals surface area (Å²) in [6.07, 6.45) is 1.07. The Labute approximate surface area is 141 Å². The molecule has 3 amide bonds. The van der Waals surface area contributed by atoms with Crippen LogP contribution in [0, 0.1) is 0 Å². The molecule has 1 aromatic rings. The third kappa shape index (κ3) is 3.06. The van der Waals surface area contributed by atoms with Crippen molar-refractivity contribution in [2.75, 3.05) is 38.1 Å². The highest BCUT2D eigenvalue weighted by Crippen LogP contribution is 2.21. The van der Waals surface area contributed by atoms with Crippen LogP contribution in [0.25, 0.3) is 0 Å². The molecular formula is C17H22N4O3. The van der Waals surface area contributed by atoms with Gasteiger partial charge >= 0.3 is 0 Å². The van der Waals surface area contributed by atoms with Crippen LogP contribution in [0.1, 0.15) is 23.2 Å². The van der Waals surface area contributed by atoms with Gasteiger partial charge in [-0.15, -0.1) is 0 Å². The van der Waals surface area contributed by atoms with E-state index in [1.165, 1.54) is 0 Å². The summed E-state index contributed by atoms with van der Waals surface area (Å²) in [6, 6.07) is 6.88. The molecule has 2 heterocycles. The molecule has 0 aliphatic carbocycles. The number of carbonyl (C=O) groups excluding carboxylic acids is 3. The molecule has 2 N–H and O–H groups in total. The monoisotopic (exact) mass is 330 g/mol. The molecule has 0 aromatic heterocycles. The quantitative estimate of drug-likeness (QED) is 0.849. The Morgan fingerprint density at radius 1 is 1.08 bits per heavy atom. The number of carbonyl (C=O) groups is 3. The number of rotatable bonds is 3. The number of amides is 3. The molecular weight excluding hydrogens is 308 g/mol. The third-order valence-electron chi connectivity index (χ3n) is 4.89. The van der Waals surface area contributed by atoms with E-state index in [2.05, 4.69) is 4.90 Å². The summed E-state index contributed by atoms with van der Waals surface area (Å²) in [6.45, 7) is 2.72. The standard InChI is InChI=1S/C17H22N4O3/c1-19-14(6-7-15(19)22)17(24)21-10-8-20(9-11-21)13-4-2-12(3-5-13)16(18)23/h2-5,14H,6-11H2,1H3,(H2,18,23)/t14-/m0/s1. The van der Waals surface area contributed by atoms with Crippen LogP contribution in [0.3, 0.4) is 0 Å². The van der Waals surface area contributed by atoms with Crippen LogP contribution < -0.4 is 10.6 Å². The van der Waals surface area contributed by atoms with E-state index in [0.29, 0.717) is 31.5 Å². The maximum atomic E-state index is 12.6. The molecule has 7 heteroatoms. The van der Waals surface area contributed by atoms with Crippen molar-refractivity contribution in [2.45, 2.75) is 18.9 Å². The van der Waals surface area contributed by atoms with E-state index in [-0.39, 0.29) is 17.9 Å². The minimum atomic E-state index is -0.438. The molecule has 2 aliphatic rings. The number of hydrogen-bond acceptors (Lipinski definition) is 4. The lowest BCUT2D eigenvalue weighted by Gasteiger charge is -2.38. The van der Waals surface area contributed by atoms with E-state index >= 15 is 0 Å².